The average molecular weight is 248 g/mol. The lowest BCUT2D eigenvalue weighted by Crippen LogP contribution is -2.14. The minimum Gasteiger partial charge on any atom is -0.393 e. The third-order valence-corrected chi connectivity index (χ3v) is 2.76. The highest BCUT2D eigenvalue weighted by molar-refractivity contribution is 5.41. The van der Waals surface area contributed by atoms with Gasteiger partial charge in [-0.05, 0) is 25.8 Å². The third kappa shape index (κ3) is 2.53. The van der Waals surface area contributed by atoms with Crippen LogP contribution in [0.3, 0.4) is 0 Å². The molecule has 0 amide bonds. The summed E-state index contributed by atoms with van der Waals surface area (Å²) >= 11 is 0. The Bertz CT molecular complexity index is 507. The minimum atomic E-state index is -0.526. The van der Waals surface area contributed by atoms with Crippen molar-refractivity contribution in [2.45, 2.75) is 39.2 Å². The fourth-order valence-electron chi connectivity index (χ4n) is 1.71. The molecule has 96 valence electrons. The largest absolute Gasteiger partial charge is 0.393 e. The van der Waals surface area contributed by atoms with Crippen molar-refractivity contribution in [3.63, 3.8) is 0 Å². The molecule has 0 aliphatic rings. The van der Waals surface area contributed by atoms with Crippen molar-refractivity contribution >= 4 is 0 Å². The molecule has 6 nitrogen and oxygen atoms in total. The zero-order chi connectivity index (χ0) is 13.1. The standard InChI is InChI=1S/C12H16N4O2/c1-4-9(8(3)17)12-15-11(16-18-12)10-13-5-7(2)6-14-10/h5-6,8-9,17H,4H2,1-3H3. The summed E-state index contributed by atoms with van der Waals surface area (Å²) in [6.45, 7) is 5.58. The van der Waals surface area contributed by atoms with Crippen molar-refractivity contribution in [2.75, 3.05) is 0 Å². The van der Waals surface area contributed by atoms with E-state index >= 15 is 0 Å². The number of hydrogen-bond donors (Lipinski definition) is 1. The van der Waals surface area contributed by atoms with Crippen LogP contribution < -0.4 is 0 Å². The summed E-state index contributed by atoms with van der Waals surface area (Å²) in [7, 11) is 0. The molecule has 2 aromatic heterocycles. The maximum absolute atomic E-state index is 9.62. The van der Waals surface area contributed by atoms with Gasteiger partial charge in [-0.15, -0.1) is 0 Å². The molecule has 2 rings (SSSR count). The van der Waals surface area contributed by atoms with Gasteiger partial charge in [-0.3, -0.25) is 0 Å². The molecule has 0 aliphatic carbocycles. The van der Waals surface area contributed by atoms with Crippen molar-refractivity contribution in [2.24, 2.45) is 0 Å². The Labute approximate surface area is 105 Å². The molecule has 0 saturated heterocycles. The lowest BCUT2D eigenvalue weighted by Gasteiger charge is -2.12. The summed E-state index contributed by atoms with van der Waals surface area (Å²) < 4.78 is 5.16. The molecular weight excluding hydrogens is 232 g/mol. The van der Waals surface area contributed by atoms with Crippen LogP contribution in [0.2, 0.25) is 0 Å². The van der Waals surface area contributed by atoms with E-state index in [1.165, 1.54) is 0 Å². The molecule has 0 spiro atoms. The van der Waals surface area contributed by atoms with Crippen molar-refractivity contribution in [3.05, 3.63) is 23.8 Å². The zero-order valence-corrected chi connectivity index (χ0v) is 10.7. The molecule has 0 aromatic carbocycles. The van der Waals surface area contributed by atoms with Crippen LogP contribution in [0.15, 0.2) is 16.9 Å². The summed E-state index contributed by atoms with van der Waals surface area (Å²) in [4.78, 5) is 12.5. The molecule has 2 atom stereocenters. The van der Waals surface area contributed by atoms with Gasteiger partial charge in [-0.1, -0.05) is 12.1 Å². The lowest BCUT2D eigenvalue weighted by molar-refractivity contribution is 0.141. The lowest BCUT2D eigenvalue weighted by atomic mass is 10.0. The van der Waals surface area contributed by atoms with Crippen LogP contribution in [0.25, 0.3) is 11.6 Å². The molecule has 18 heavy (non-hydrogen) atoms. The maximum Gasteiger partial charge on any atom is 0.240 e. The molecule has 2 heterocycles. The summed E-state index contributed by atoms with van der Waals surface area (Å²) in [5.74, 6) is 1.04. The normalized spacial score (nSPS) is 14.4. The third-order valence-electron chi connectivity index (χ3n) is 2.76. The maximum atomic E-state index is 9.62. The smallest absolute Gasteiger partial charge is 0.240 e. The predicted molar refractivity (Wildman–Crippen MR) is 64.8 cm³/mol. The van der Waals surface area contributed by atoms with Crippen molar-refractivity contribution in [3.8, 4) is 11.6 Å². The SMILES string of the molecule is CCC(c1nc(-c2ncc(C)cn2)no1)C(C)O. The summed E-state index contributed by atoms with van der Waals surface area (Å²) in [5, 5.41) is 13.5. The number of hydrogen-bond acceptors (Lipinski definition) is 6. The Balaban J connectivity index is 2.27. The van der Waals surface area contributed by atoms with Gasteiger partial charge < -0.3 is 9.63 Å². The molecular formula is C12H16N4O2. The second-order valence-electron chi connectivity index (χ2n) is 4.30. The van der Waals surface area contributed by atoms with Crippen LogP contribution in [0.1, 0.15) is 37.6 Å². The first-order chi connectivity index (χ1) is 8.61. The second-order valence-corrected chi connectivity index (χ2v) is 4.30. The van der Waals surface area contributed by atoms with Crippen LogP contribution in [-0.2, 0) is 0 Å². The van der Waals surface area contributed by atoms with Gasteiger partial charge in [0.1, 0.15) is 0 Å². The Morgan fingerprint density at radius 1 is 1.28 bits per heavy atom. The number of aliphatic hydroxyl groups excluding tert-OH is 1. The van der Waals surface area contributed by atoms with Crippen molar-refractivity contribution in [1.29, 1.82) is 0 Å². The molecule has 0 aliphatic heterocycles. The van der Waals surface area contributed by atoms with Crippen LogP contribution in [0, 0.1) is 6.92 Å². The van der Waals surface area contributed by atoms with Crippen molar-refractivity contribution in [1.82, 2.24) is 20.1 Å². The quantitative estimate of drug-likeness (QED) is 0.886. The number of nitrogens with zero attached hydrogens (tertiary/aromatic N) is 4. The monoisotopic (exact) mass is 248 g/mol. The van der Waals surface area contributed by atoms with E-state index in [1.54, 1.807) is 19.3 Å². The summed E-state index contributed by atoms with van der Waals surface area (Å²) in [5.41, 5.74) is 0.970. The van der Waals surface area contributed by atoms with Crippen molar-refractivity contribution < 1.29 is 9.63 Å². The average Bonchev–Trinajstić information content (AvgIpc) is 2.80. The highest BCUT2D eigenvalue weighted by Crippen LogP contribution is 2.23. The molecule has 6 heteroatoms. The van der Waals surface area contributed by atoms with E-state index in [0.29, 0.717) is 17.5 Å². The first-order valence-electron chi connectivity index (χ1n) is 5.92. The Morgan fingerprint density at radius 2 is 1.94 bits per heavy atom. The van der Waals surface area contributed by atoms with Gasteiger partial charge in [0.2, 0.25) is 17.5 Å². The van der Waals surface area contributed by atoms with E-state index < -0.39 is 6.10 Å². The van der Waals surface area contributed by atoms with Gasteiger partial charge in [0.25, 0.3) is 0 Å². The van der Waals surface area contributed by atoms with Crippen LogP contribution in [0.5, 0.6) is 0 Å². The second kappa shape index (κ2) is 5.22. The van der Waals surface area contributed by atoms with Gasteiger partial charge in [-0.25, -0.2) is 9.97 Å². The molecule has 0 fully saturated rings. The summed E-state index contributed by atoms with van der Waals surface area (Å²) in [6.07, 6.45) is 3.60. The number of aliphatic hydroxyl groups is 1. The van der Waals surface area contributed by atoms with Crippen LogP contribution in [0.4, 0.5) is 0 Å². The van der Waals surface area contributed by atoms with Gasteiger partial charge in [0, 0.05) is 12.4 Å². The fraction of sp³-hybridized carbons (Fsp3) is 0.500. The fourth-order valence-corrected chi connectivity index (χ4v) is 1.71. The van der Waals surface area contributed by atoms with E-state index in [2.05, 4.69) is 20.1 Å². The highest BCUT2D eigenvalue weighted by Gasteiger charge is 2.23. The molecule has 2 unspecified atom stereocenters. The first-order valence-corrected chi connectivity index (χ1v) is 5.92. The topological polar surface area (TPSA) is 84.9 Å². The summed E-state index contributed by atoms with van der Waals surface area (Å²) in [6, 6.07) is 0. The Morgan fingerprint density at radius 3 is 2.50 bits per heavy atom. The minimum absolute atomic E-state index is 0.156. The van der Waals surface area contributed by atoms with E-state index in [0.717, 1.165) is 12.0 Å². The van der Waals surface area contributed by atoms with Gasteiger partial charge in [0.15, 0.2) is 0 Å². The molecule has 2 aromatic rings. The van der Waals surface area contributed by atoms with Gasteiger partial charge in [-0.2, -0.15) is 4.98 Å². The molecule has 1 N–H and O–H groups in total. The molecule has 0 saturated carbocycles. The number of aromatic nitrogens is 4. The zero-order valence-electron chi connectivity index (χ0n) is 10.7. The van der Waals surface area contributed by atoms with E-state index in [4.69, 9.17) is 4.52 Å². The van der Waals surface area contributed by atoms with Crippen LogP contribution >= 0.6 is 0 Å². The number of aryl methyl sites for hydroxylation is 1. The Kier molecular flexibility index (Phi) is 3.66. The van der Waals surface area contributed by atoms with Crippen LogP contribution in [-0.4, -0.2) is 31.3 Å². The molecule has 0 bridgehead atoms. The first kappa shape index (κ1) is 12.6. The molecule has 0 radical (unpaired) electrons. The van der Waals surface area contributed by atoms with Gasteiger partial charge in [0.05, 0.1) is 12.0 Å². The van der Waals surface area contributed by atoms with E-state index in [1.807, 2.05) is 13.8 Å². The van der Waals surface area contributed by atoms with Gasteiger partial charge >= 0.3 is 0 Å². The van der Waals surface area contributed by atoms with E-state index in [-0.39, 0.29) is 5.92 Å². The number of rotatable bonds is 4. The Hall–Kier alpha value is -1.82. The predicted octanol–water partition coefficient (Wildman–Crippen LogP) is 1.71. The van der Waals surface area contributed by atoms with E-state index in [9.17, 15) is 5.11 Å². The highest BCUT2D eigenvalue weighted by atomic mass is 16.5.